The van der Waals surface area contributed by atoms with Crippen LogP contribution in [0.4, 0.5) is 0 Å². The summed E-state index contributed by atoms with van der Waals surface area (Å²) in [6, 6.07) is 2.99. The van der Waals surface area contributed by atoms with E-state index >= 15 is 0 Å². The molecule has 0 atom stereocenters. The van der Waals surface area contributed by atoms with E-state index in [9.17, 15) is 9.59 Å². The molecule has 0 radical (unpaired) electrons. The number of benzene rings is 2. The van der Waals surface area contributed by atoms with Crippen molar-refractivity contribution in [3.05, 3.63) is 42.2 Å². The van der Waals surface area contributed by atoms with E-state index in [1.54, 1.807) is 0 Å². The lowest BCUT2D eigenvalue weighted by Gasteiger charge is -2.17. The Morgan fingerprint density at radius 3 is 1.81 bits per heavy atom. The fourth-order valence-corrected chi connectivity index (χ4v) is 4.33. The Morgan fingerprint density at radius 1 is 0.815 bits per heavy atom. The molecule has 0 fully saturated rings. The topological polar surface area (TPSA) is 71.1 Å². The molecule has 0 saturated heterocycles. The van der Waals surface area contributed by atoms with Crippen LogP contribution in [0.3, 0.4) is 0 Å². The van der Waals surface area contributed by atoms with E-state index in [-0.39, 0.29) is 16.7 Å². The summed E-state index contributed by atoms with van der Waals surface area (Å²) in [7, 11) is 5.85. The number of hydrogen-bond acceptors (Lipinski definition) is 6. The van der Waals surface area contributed by atoms with Crippen LogP contribution in [-0.2, 0) is 0 Å². The van der Waals surface area contributed by atoms with Gasteiger partial charge in [0, 0.05) is 15.6 Å². The van der Waals surface area contributed by atoms with E-state index in [2.05, 4.69) is 47.8 Å². The SMILES string of the molecule is COc1cc(C(=O)c2c(C=O)cc(OC)c(OC)c2Br)c(Br)c(Br)c1OC. The van der Waals surface area contributed by atoms with Gasteiger partial charge in [0.15, 0.2) is 35.1 Å². The highest BCUT2D eigenvalue weighted by molar-refractivity contribution is 9.13. The minimum Gasteiger partial charge on any atom is -0.493 e. The zero-order chi connectivity index (χ0) is 20.3. The van der Waals surface area contributed by atoms with Crippen LogP contribution in [0.2, 0.25) is 0 Å². The molecule has 2 rings (SSSR count). The second-order valence-electron chi connectivity index (χ2n) is 5.12. The molecule has 0 bridgehead atoms. The Kier molecular flexibility index (Phi) is 7.30. The molecule has 2 aromatic rings. The minimum atomic E-state index is -0.418. The maximum absolute atomic E-state index is 13.3. The van der Waals surface area contributed by atoms with Gasteiger partial charge in [-0.05, 0) is 59.9 Å². The molecule has 0 unspecified atom stereocenters. The van der Waals surface area contributed by atoms with E-state index in [1.807, 2.05) is 0 Å². The van der Waals surface area contributed by atoms with E-state index in [1.165, 1.54) is 40.6 Å². The highest BCUT2D eigenvalue weighted by Crippen LogP contribution is 2.45. The molecule has 6 nitrogen and oxygen atoms in total. The van der Waals surface area contributed by atoms with Crippen LogP contribution in [0.25, 0.3) is 0 Å². The van der Waals surface area contributed by atoms with E-state index in [0.29, 0.717) is 42.7 Å². The fraction of sp³-hybridized carbons (Fsp3) is 0.222. The van der Waals surface area contributed by atoms with E-state index < -0.39 is 5.78 Å². The molecule has 0 amide bonds. The summed E-state index contributed by atoms with van der Waals surface area (Å²) in [6.07, 6.45) is 0.587. The lowest BCUT2D eigenvalue weighted by atomic mass is 9.97. The van der Waals surface area contributed by atoms with Crippen LogP contribution < -0.4 is 18.9 Å². The van der Waals surface area contributed by atoms with Crippen LogP contribution in [-0.4, -0.2) is 40.5 Å². The molecule has 0 aliphatic heterocycles. The summed E-state index contributed by atoms with van der Waals surface area (Å²) in [4.78, 5) is 24.9. The quantitative estimate of drug-likeness (QED) is 0.345. The van der Waals surface area contributed by atoms with Crippen molar-refractivity contribution in [1.82, 2.24) is 0 Å². The smallest absolute Gasteiger partial charge is 0.196 e. The largest absolute Gasteiger partial charge is 0.493 e. The normalized spacial score (nSPS) is 10.3. The average Bonchev–Trinajstić information content (AvgIpc) is 2.68. The molecule has 27 heavy (non-hydrogen) atoms. The molecular weight excluding hydrogens is 552 g/mol. The van der Waals surface area contributed by atoms with Crippen molar-refractivity contribution in [1.29, 1.82) is 0 Å². The molecule has 0 aliphatic carbocycles. The molecule has 9 heteroatoms. The van der Waals surface area contributed by atoms with Crippen molar-refractivity contribution in [3.63, 3.8) is 0 Å². The van der Waals surface area contributed by atoms with Gasteiger partial charge in [0.2, 0.25) is 0 Å². The number of aldehydes is 1. The zero-order valence-electron chi connectivity index (χ0n) is 14.8. The van der Waals surface area contributed by atoms with Gasteiger partial charge < -0.3 is 18.9 Å². The summed E-state index contributed by atoms with van der Waals surface area (Å²) < 4.78 is 22.5. The number of carbonyl (C=O) groups excluding carboxylic acids is 2. The Hall–Kier alpha value is -1.58. The lowest BCUT2D eigenvalue weighted by Crippen LogP contribution is -2.10. The second-order valence-corrected chi connectivity index (χ2v) is 7.50. The summed E-state index contributed by atoms with van der Waals surface area (Å²) >= 11 is 10.2. The van der Waals surface area contributed by atoms with Crippen molar-refractivity contribution >= 4 is 59.9 Å². The first-order valence-corrected chi connectivity index (χ1v) is 9.78. The van der Waals surface area contributed by atoms with Gasteiger partial charge in [-0.25, -0.2) is 0 Å². The first kappa shape index (κ1) is 21.7. The molecule has 0 spiro atoms. The summed E-state index contributed by atoms with van der Waals surface area (Å²) in [5.74, 6) is 1.01. The maximum Gasteiger partial charge on any atom is 0.196 e. The number of ether oxygens (including phenoxy) is 4. The van der Waals surface area contributed by atoms with Crippen LogP contribution in [0.5, 0.6) is 23.0 Å². The Balaban J connectivity index is 2.79. The third kappa shape index (κ3) is 3.86. The van der Waals surface area contributed by atoms with Gasteiger partial charge in [0.25, 0.3) is 0 Å². The van der Waals surface area contributed by atoms with Crippen molar-refractivity contribution in [3.8, 4) is 23.0 Å². The van der Waals surface area contributed by atoms with Gasteiger partial charge in [-0.3, -0.25) is 9.59 Å². The van der Waals surface area contributed by atoms with Crippen LogP contribution in [0.1, 0.15) is 26.3 Å². The van der Waals surface area contributed by atoms with Gasteiger partial charge in [0.05, 0.1) is 42.9 Å². The summed E-state index contributed by atoms with van der Waals surface area (Å²) in [5.41, 5.74) is 0.570. The van der Waals surface area contributed by atoms with Crippen molar-refractivity contribution < 1.29 is 28.5 Å². The van der Waals surface area contributed by atoms with E-state index in [0.717, 1.165) is 0 Å². The van der Waals surface area contributed by atoms with Gasteiger partial charge in [-0.2, -0.15) is 0 Å². The predicted molar refractivity (Wildman–Crippen MR) is 111 cm³/mol. The van der Waals surface area contributed by atoms with Crippen molar-refractivity contribution in [2.24, 2.45) is 0 Å². The van der Waals surface area contributed by atoms with Crippen LogP contribution in [0, 0.1) is 0 Å². The number of rotatable bonds is 7. The average molecular weight is 567 g/mol. The Bertz CT molecular complexity index is 911. The maximum atomic E-state index is 13.3. The highest BCUT2D eigenvalue weighted by Gasteiger charge is 2.27. The minimum absolute atomic E-state index is 0.141. The standard InChI is InChI=1S/C18H15Br3O6/c1-24-10-5-8(7-22)12(14(20)17(10)26-3)16(23)9-6-11(25-2)18(27-4)15(21)13(9)19/h5-7H,1-4H3. The predicted octanol–water partition coefficient (Wildman–Crippen LogP) is 5.05. The fourth-order valence-electron chi connectivity index (χ4n) is 2.52. The van der Waals surface area contributed by atoms with Crippen molar-refractivity contribution in [2.45, 2.75) is 0 Å². The van der Waals surface area contributed by atoms with Crippen molar-refractivity contribution in [2.75, 3.05) is 28.4 Å². The Labute approximate surface area is 181 Å². The summed E-state index contributed by atoms with van der Waals surface area (Å²) in [6.45, 7) is 0. The van der Waals surface area contributed by atoms with Crippen LogP contribution >= 0.6 is 47.8 Å². The monoisotopic (exact) mass is 564 g/mol. The lowest BCUT2D eigenvalue weighted by molar-refractivity contribution is 0.102. The number of halogens is 3. The number of methoxy groups -OCH3 is 4. The number of carbonyl (C=O) groups is 2. The first-order valence-electron chi connectivity index (χ1n) is 7.40. The number of ketones is 1. The third-order valence-corrected chi connectivity index (χ3v) is 6.66. The molecule has 144 valence electrons. The third-order valence-electron chi connectivity index (χ3n) is 3.79. The second kappa shape index (κ2) is 9.07. The molecule has 0 N–H and O–H groups in total. The van der Waals surface area contributed by atoms with Gasteiger partial charge in [0.1, 0.15) is 0 Å². The van der Waals surface area contributed by atoms with Gasteiger partial charge >= 0.3 is 0 Å². The Morgan fingerprint density at radius 2 is 1.33 bits per heavy atom. The van der Waals surface area contributed by atoms with E-state index in [4.69, 9.17) is 18.9 Å². The molecule has 2 aromatic carbocycles. The molecule has 0 aliphatic rings. The number of hydrogen-bond donors (Lipinski definition) is 0. The zero-order valence-corrected chi connectivity index (χ0v) is 19.6. The molecule has 0 aromatic heterocycles. The van der Waals surface area contributed by atoms with Crippen LogP contribution in [0.15, 0.2) is 25.6 Å². The van der Waals surface area contributed by atoms with Gasteiger partial charge in [-0.1, -0.05) is 0 Å². The summed E-state index contributed by atoms with van der Waals surface area (Å²) in [5, 5.41) is 0. The molecule has 0 heterocycles. The highest BCUT2D eigenvalue weighted by atomic mass is 79.9. The molecular formula is C18H15Br3O6. The first-order chi connectivity index (χ1) is 12.9. The molecule has 0 saturated carbocycles. The van der Waals surface area contributed by atoms with Gasteiger partial charge in [-0.15, -0.1) is 0 Å².